The first kappa shape index (κ1) is 23.6. The lowest BCUT2D eigenvalue weighted by molar-refractivity contribution is -0.115. The summed E-state index contributed by atoms with van der Waals surface area (Å²) in [5.41, 5.74) is 1.72. The molecule has 1 aliphatic heterocycles. The Kier molecular flexibility index (Phi) is 8.15. The second-order valence-electron chi connectivity index (χ2n) is 7.96. The van der Waals surface area contributed by atoms with Crippen LogP contribution in [0.4, 0.5) is 10.1 Å². The van der Waals surface area contributed by atoms with Crippen molar-refractivity contribution in [2.75, 3.05) is 45.8 Å². The number of amides is 1. The van der Waals surface area contributed by atoms with Gasteiger partial charge in [-0.1, -0.05) is 6.92 Å². The topological polar surface area (TPSA) is 93.7 Å². The third-order valence-electron chi connectivity index (χ3n) is 4.93. The number of rotatable bonds is 11. The van der Waals surface area contributed by atoms with Crippen LogP contribution in [0.25, 0.3) is 6.08 Å². The summed E-state index contributed by atoms with van der Waals surface area (Å²) in [6.07, 6.45) is 5.26. The lowest BCUT2D eigenvalue weighted by Crippen LogP contribution is -2.41. The Balaban J connectivity index is 1.56. The van der Waals surface area contributed by atoms with Crippen molar-refractivity contribution in [3.05, 3.63) is 53.7 Å². The van der Waals surface area contributed by atoms with Gasteiger partial charge in [0.05, 0.1) is 32.0 Å². The standard InChI is InChI=1S/C23H29FN4O4/c1-23(14-30-2,15-31-3)13-26-12-22(29)28-16-4-5-21(18(24)10-16)32-20-7-9-27-19-11-25-8-6-17(19)20/h4-10,25-26H,11-15H2,1-3H3,(H,28,29). The van der Waals surface area contributed by atoms with Crippen molar-refractivity contribution in [1.82, 2.24) is 15.6 Å². The largest absolute Gasteiger partial charge is 0.454 e. The summed E-state index contributed by atoms with van der Waals surface area (Å²) in [6.45, 7) is 4.19. The van der Waals surface area contributed by atoms with Crippen molar-refractivity contribution in [1.29, 1.82) is 0 Å². The van der Waals surface area contributed by atoms with Gasteiger partial charge in [0, 0.05) is 49.7 Å². The molecule has 0 atom stereocenters. The van der Waals surface area contributed by atoms with Crippen LogP contribution in [-0.2, 0) is 20.8 Å². The molecule has 1 aromatic heterocycles. The summed E-state index contributed by atoms with van der Waals surface area (Å²) in [5, 5.41) is 8.85. The van der Waals surface area contributed by atoms with Gasteiger partial charge in [-0.05, 0) is 30.5 Å². The molecule has 9 heteroatoms. The van der Waals surface area contributed by atoms with E-state index in [9.17, 15) is 9.18 Å². The van der Waals surface area contributed by atoms with Gasteiger partial charge in [0.25, 0.3) is 0 Å². The average molecular weight is 445 g/mol. The Bertz CT molecular complexity index is 961. The summed E-state index contributed by atoms with van der Waals surface area (Å²) in [4.78, 5) is 16.5. The van der Waals surface area contributed by atoms with Crippen molar-refractivity contribution in [2.24, 2.45) is 5.41 Å². The van der Waals surface area contributed by atoms with Crippen LogP contribution >= 0.6 is 0 Å². The van der Waals surface area contributed by atoms with Gasteiger partial charge in [-0.3, -0.25) is 9.78 Å². The predicted octanol–water partition coefficient (Wildman–Crippen LogP) is 2.91. The molecule has 0 aliphatic carbocycles. The summed E-state index contributed by atoms with van der Waals surface area (Å²) in [5.74, 6) is -0.276. The number of carbonyl (C=O) groups excluding carboxylic acids is 1. The number of halogens is 1. The molecule has 3 rings (SSSR count). The maximum absolute atomic E-state index is 14.6. The number of aromatic nitrogens is 1. The molecule has 0 saturated heterocycles. The number of carbonyl (C=O) groups is 1. The van der Waals surface area contributed by atoms with E-state index in [1.54, 1.807) is 38.7 Å². The van der Waals surface area contributed by atoms with Crippen LogP contribution < -0.4 is 20.7 Å². The van der Waals surface area contributed by atoms with Gasteiger partial charge < -0.3 is 30.2 Å². The van der Waals surface area contributed by atoms with Gasteiger partial charge in [-0.15, -0.1) is 0 Å². The first-order chi connectivity index (χ1) is 15.4. The van der Waals surface area contributed by atoms with Gasteiger partial charge in [0.2, 0.25) is 5.91 Å². The third kappa shape index (κ3) is 6.25. The Hall–Kier alpha value is -3.01. The molecule has 0 fully saturated rings. The van der Waals surface area contributed by atoms with Crippen molar-refractivity contribution in [3.8, 4) is 11.5 Å². The number of hydrogen-bond acceptors (Lipinski definition) is 7. The lowest BCUT2D eigenvalue weighted by Gasteiger charge is -2.28. The molecule has 1 amide bonds. The van der Waals surface area contributed by atoms with Crippen LogP contribution in [0.3, 0.4) is 0 Å². The fraction of sp³-hybridized carbons (Fsp3) is 0.391. The molecule has 2 heterocycles. The third-order valence-corrected chi connectivity index (χ3v) is 4.93. The van der Waals surface area contributed by atoms with Gasteiger partial charge in [-0.25, -0.2) is 4.39 Å². The van der Waals surface area contributed by atoms with E-state index in [0.717, 1.165) is 11.3 Å². The van der Waals surface area contributed by atoms with Crippen molar-refractivity contribution < 1.29 is 23.4 Å². The number of ether oxygens (including phenoxy) is 3. The molecule has 0 spiro atoms. The molecule has 8 nitrogen and oxygen atoms in total. The van der Waals surface area contributed by atoms with Crippen molar-refractivity contribution in [2.45, 2.75) is 13.5 Å². The molecule has 0 saturated carbocycles. The molecule has 0 radical (unpaired) electrons. The van der Waals surface area contributed by atoms with E-state index < -0.39 is 5.82 Å². The predicted molar refractivity (Wildman–Crippen MR) is 120 cm³/mol. The number of benzene rings is 1. The highest BCUT2D eigenvalue weighted by atomic mass is 19.1. The zero-order valence-corrected chi connectivity index (χ0v) is 18.5. The van der Waals surface area contributed by atoms with E-state index in [2.05, 4.69) is 20.9 Å². The van der Waals surface area contributed by atoms with Crippen LogP contribution in [0.5, 0.6) is 11.5 Å². The molecule has 3 N–H and O–H groups in total. The molecule has 2 aromatic rings. The van der Waals surface area contributed by atoms with E-state index in [1.807, 2.05) is 13.0 Å². The summed E-state index contributed by atoms with van der Waals surface area (Å²) >= 11 is 0. The first-order valence-electron chi connectivity index (χ1n) is 10.3. The number of pyridine rings is 1. The zero-order valence-electron chi connectivity index (χ0n) is 18.5. The monoisotopic (exact) mass is 444 g/mol. The number of nitrogens with zero attached hydrogens (tertiary/aromatic N) is 1. The fourth-order valence-electron chi connectivity index (χ4n) is 3.51. The summed E-state index contributed by atoms with van der Waals surface area (Å²) < 4.78 is 30.9. The lowest BCUT2D eigenvalue weighted by atomic mass is 9.93. The molecular weight excluding hydrogens is 415 g/mol. The van der Waals surface area contributed by atoms with E-state index in [-0.39, 0.29) is 23.6 Å². The van der Waals surface area contributed by atoms with E-state index in [0.29, 0.717) is 37.7 Å². The minimum absolute atomic E-state index is 0.0661. The Labute approximate surface area is 187 Å². The maximum Gasteiger partial charge on any atom is 0.238 e. The summed E-state index contributed by atoms with van der Waals surface area (Å²) in [7, 11) is 3.25. The van der Waals surface area contributed by atoms with E-state index in [4.69, 9.17) is 14.2 Å². The van der Waals surface area contributed by atoms with Crippen molar-refractivity contribution >= 4 is 17.7 Å². The number of nitrogens with one attached hydrogen (secondary N) is 3. The molecule has 0 unspecified atom stereocenters. The number of methoxy groups -OCH3 is 2. The minimum atomic E-state index is -0.577. The SMILES string of the molecule is COCC(C)(CNCC(=O)Nc1ccc(Oc2ccnc3c2C=CNC3)c(F)c1)COC. The van der Waals surface area contributed by atoms with Gasteiger partial charge >= 0.3 is 0 Å². The zero-order chi connectivity index (χ0) is 23.0. The first-order valence-corrected chi connectivity index (χ1v) is 10.3. The normalized spacial score (nSPS) is 12.8. The molecule has 1 aliphatic rings. The van der Waals surface area contributed by atoms with Gasteiger partial charge in [0.1, 0.15) is 5.75 Å². The Morgan fingerprint density at radius 3 is 2.72 bits per heavy atom. The smallest absolute Gasteiger partial charge is 0.238 e. The van der Waals surface area contributed by atoms with Crippen LogP contribution in [0.15, 0.2) is 36.7 Å². The van der Waals surface area contributed by atoms with E-state index in [1.165, 1.54) is 12.1 Å². The van der Waals surface area contributed by atoms with E-state index >= 15 is 0 Å². The molecular formula is C23H29FN4O4. The van der Waals surface area contributed by atoms with Crippen LogP contribution in [0.1, 0.15) is 18.2 Å². The Morgan fingerprint density at radius 2 is 2.00 bits per heavy atom. The highest BCUT2D eigenvalue weighted by molar-refractivity contribution is 5.92. The number of anilines is 1. The molecule has 32 heavy (non-hydrogen) atoms. The maximum atomic E-state index is 14.6. The van der Waals surface area contributed by atoms with Crippen LogP contribution in [0, 0.1) is 11.2 Å². The minimum Gasteiger partial charge on any atom is -0.454 e. The average Bonchev–Trinajstić information content (AvgIpc) is 2.76. The second-order valence-corrected chi connectivity index (χ2v) is 7.96. The fourth-order valence-corrected chi connectivity index (χ4v) is 3.51. The molecule has 0 bridgehead atoms. The highest BCUT2D eigenvalue weighted by Gasteiger charge is 2.24. The number of hydrogen-bond donors (Lipinski definition) is 3. The van der Waals surface area contributed by atoms with Crippen LogP contribution in [-0.4, -0.2) is 51.4 Å². The van der Waals surface area contributed by atoms with Gasteiger partial charge in [-0.2, -0.15) is 0 Å². The Morgan fingerprint density at radius 1 is 1.22 bits per heavy atom. The summed E-state index contributed by atoms with van der Waals surface area (Å²) in [6, 6.07) is 6.01. The quantitative estimate of drug-likeness (QED) is 0.491. The second kappa shape index (κ2) is 11.0. The van der Waals surface area contributed by atoms with Crippen molar-refractivity contribution in [3.63, 3.8) is 0 Å². The molecule has 1 aromatic carbocycles. The highest BCUT2D eigenvalue weighted by Crippen LogP contribution is 2.31. The molecule has 172 valence electrons. The number of fused-ring (bicyclic) bond motifs is 1. The van der Waals surface area contributed by atoms with Crippen LogP contribution in [0.2, 0.25) is 0 Å². The van der Waals surface area contributed by atoms with Gasteiger partial charge in [0.15, 0.2) is 11.6 Å².